The number of aryl methyl sites for hydroxylation is 1. The van der Waals surface area contributed by atoms with Crippen LogP contribution in [0.15, 0.2) is 11.7 Å². The number of phosphoric ester groups is 1. The highest BCUT2D eigenvalue weighted by Crippen LogP contribution is 2.61. The van der Waals surface area contributed by atoms with Crippen molar-refractivity contribution in [3.8, 4) is 0 Å². The zero-order valence-electron chi connectivity index (χ0n) is 22.9. The number of ether oxygens (including phenoxy) is 4. The van der Waals surface area contributed by atoms with Crippen LogP contribution in [0.2, 0.25) is 0 Å². The van der Waals surface area contributed by atoms with Crippen molar-refractivity contribution in [1.29, 1.82) is 0 Å². The van der Waals surface area contributed by atoms with Crippen LogP contribution in [-0.4, -0.2) is 74.6 Å². The Morgan fingerprint density at radius 3 is 2.57 bits per heavy atom. The smallest absolute Gasteiger partial charge is 0.350 e. The van der Waals surface area contributed by atoms with Crippen LogP contribution >= 0.6 is 47.0 Å². The van der Waals surface area contributed by atoms with E-state index in [1.54, 1.807) is 12.3 Å². The number of imidazole rings is 1. The number of esters is 1. The SMILES string of the molecule is COC(=O)c1scc(C)c1NC(=O)[C@@H]1OC2C(COP(=O)([O-])OP(=O)([O-])OP(=O)([O-])O)OC(n3cnc4c(=S)nc(N)[nH]c43)C2O1. The van der Waals surface area contributed by atoms with E-state index in [9.17, 15) is 38.0 Å². The fourth-order valence-corrected chi connectivity index (χ4v) is 8.51. The summed E-state index contributed by atoms with van der Waals surface area (Å²) >= 11 is 6.20. The van der Waals surface area contributed by atoms with Crippen molar-refractivity contribution < 1.29 is 75.0 Å². The molecular weight excluding hydrogens is 725 g/mol. The summed E-state index contributed by atoms with van der Waals surface area (Å²) in [6.45, 7) is 0.591. The van der Waals surface area contributed by atoms with Gasteiger partial charge in [0.2, 0.25) is 6.29 Å². The highest BCUT2D eigenvalue weighted by atomic mass is 32.1. The van der Waals surface area contributed by atoms with Crippen molar-refractivity contribution in [2.24, 2.45) is 0 Å². The number of carbonyl (C=O) groups is 2. The van der Waals surface area contributed by atoms with Gasteiger partial charge in [-0.3, -0.25) is 23.1 Å². The summed E-state index contributed by atoms with van der Waals surface area (Å²) < 4.78 is 69.6. The quantitative estimate of drug-likeness (QED) is 0.107. The van der Waals surface area contributed by atoms with E-state index in [1.165, 1.54) is 10.9 Å². The molecule has 22 nitrogen and oxygen atoms in total. The molecule has 3 aromatic heterocycles. The van der Waals surface area contributed by atoms with Gasteiger partial charge in [0.15, 0.2) is 16.8 Å². The van der Waals surface area contributed by atoms with Gasteiger partial charge in [0.1, 0.15) is 34.4 Å². The summed E-state index contributed by atoms with van der Waals surface area (Å²) in [5.41, 5.74) is 6.81. The van der Waals surface area contributed by atoms with Crippen molar-refractivity contribution in [2.45, 2.75) is 37.8 Å². The monoisotopic (exact) mass is 745 g/mol. The van der Waals surface area contributed by atoms with E-state index in [-0.39, 0.29) is 32.3 Å². The van der Waals surface area contributed by atoms with E-state index in [4.69, 9.17) is 41.8 Å². The number of H-pyrrole nitrogens is 1. The first-order valence-corrected chi connectivity index (χ1v) is 18.0. The number of nitrogens with one attached hydrogen (secondary N) is 2. The number of methoxy groups -OCH3 is 1. The third-order valence-corrected chi connectivity index (χ3v) is 11.2. The van der Waals surface area contributed by atoms with Crippen molar-refractivity contribution in [3.05, 3.63) is 26.8 Å². The van der Waals surface area contributed by atoms with E-state index in [0.717, 1.165) is 18.4 Å². The highest BCUT2D eigenvalue weighted by Gasteiger charge is 2.55. The number of aromatic amines is 1. The molecule has 7 unspecified atom stereocenters. The number of nitrogens with zero attached hydrogens (tertiary/aromatic N) is 3. The Bertz CT molecular complexity index is 1890. The molecular formula is C19H20N6O16P3S2-3. The average Bonchev–Trinajstić information content (AvgIpc) is 3.69. The van der Waals surface area contributed by atoms with E-state index in [2.05, 4.69) is 33.4 Å². The van der Waals surface area contributed by atoms with Crippen LogP contribution in [-0.2, 0) is 50.6 Å². The maximum atomic E-state index is 13.2. The number of fused-ring (bicyclic) bond motifs is 2. The lowest BCUT2D eigenvalue weighted by Crippen LogP contribution is -2.34. The summed E-state index contributed by atoms with van der Waals surface area (Å²) in [5.74, 6) is -1.69. The Morgan fingerprint density at radius 1 is 1.20 bits per heavy atom. The number of hydrogen-bond donors (Lipinski definition) is 4. The zero-order chi connectivity index (χ0) is 33.8. The lowest BCUT2D eigenvalue weighted by molar-refractivity contribution is -0.250. The van der Waals surface area contributed by atoms with Gasteiger partial charge in [-0.1, -0.05) is 12.2 Å². The molecule has 5 N–H and O–H groups in total. The van der Waals surface area contributed by atoms with E-state index in [1.807, 2.05) is 0 Å². The molecule has 46 heavy (non-hydrogen) atoms. The van der Waals surface area contributed by atoms with Crippen molar-refractivity contribution in [1.82, 2.24) is 19.5 Å². The zero-order valence-corrected chi connectivity index (χ0v) is 27.2. The first-order valence-electron chi connectivity index (χ1n) is 12.3. The maximum absolute atomic E-state index is 13.2. The Labute approximate surface area is 265 Å². The van der Waals surface area contributed by atoms with Gasteiger partial charge in [0.05, 0.1) is 25.7 Å². The first-order chi connectivity index (χ1) is 21.4. The van der Waals surface area contributed by atoms with E-state index in [0.29, 0.717) is 5.56 Å². The van der Waals surface area contributed by atoms with Gasteiger partial charge in [0, 0.05) is 0 Å². The molecule has 0 saturated carbocycles. The predicted molar refractivity (Wildman–Crippen MR) is 147 cm³/mol. The molecule has 2 aliphatic rings. The molecule has 5 heterocycles. The Morgan fingerprint density at radius 2 is 1.89 bits per heavy atom. The van der Waals surface area contributed by atoms with Gasteiger partial charge < -0.3 is 59.1 Å². The van der Waals surface area contributed by atoms with Crippen molar-refractivity contribution >= 4 is 81.7 Å². The summed E-state index contributed by atoms with van der Waals surface area (Å²) in [5, 5.41) is 4.14. The molecule has 0 spiro atoms. The van der Waals surface area contributed by atoms with Crippen LogP contribution in [0.4, 0.5) is 11.6 Å². The van der Waals surface area contributed by atoms with Gasteiger partial charge in [-0.2, -0.15) is 0 Å². The molecule has 0 radical (unpaired) electrons. The van der Waals surface area contributed by atoms with Gasteiger partial charge in [-0.05, 0) is 17.9 Å². The number of rotatable bonds is 11. The number of amides is 1. The van der Waals surface area contributed by atoms with Crippen LogP contribution in [0.25, 0.3) is 11.2 Å². The molecule has 2 saturated heterocycles. The van der Waals surface area contributed by atoms with E-state index >= 15 is 0 Å². The molecule has 1 amide bonds. The Kier molecular flexibility index (Phi) is 9.72. The fraction of sp³-hybridized carbons (Fsp3) is 0.421. The molecule has 252 valence electrons. The second-order valence-corrected chi connectivity index (χ2v) is 14.9. The van der Waals surface area contributed by atoms with Crippen LogP contribution < -0.4 is 25.7 Å². The molecule has 0 bridgehead atoms. The summed E-state index contributed by atoms with van der Waals surface area (Å²) in [4.78, 5) is 79.4. The second kappa shape index (κ2) is 12.8. The minimum Gasteiger partial charge on any atom is -0.756 e. The number of nitrogens with two attached hydrogens (primary N) is 1. The van der Waals surface area contributed by atoms with Gasteiger partial charge in [0.25, 0.3) is 29.4 Å². The average molecular weight is 745 g/mol. The molecule has 2 aliphatic heterocycles. The number of carbonyl (C=O) groups excluding carboxylic acids is 2. The van der Waals surface area contributed by atoms with Gasteiger partial charge >= 0.3 is 5.97 Å². The van der Waals surface area contributed by atoms with Crippen LogP contribution in [0, 0.1) is 11.6 Å². The highest BCUT2D eigenvalue weighted by molar-refractivity contribution is 7.71. The minimum absolute atomic E-state index is 0.0204. The Balaban J connectivity index is 1.40. The number of aromatic nitrogens is 4. The molecule has 3 aromatic rings. The molecule has 0 aliphatic carbocycles. The molecule has 27 heteroatoms. The topological polar surface area (TPSA) is 324 Å². The standard InChI is InChI=1S/C19H23N6O16P3S2/c1-6-4-46-12(17(27)35-2)8(6)22-14(26)18-38-10-7(3-36-43(31,32)41-44(33,34)40-42(28,29)30)37-16(11(10)39-18)25-5-21-9-13(25)23-19(20)24-15(9)45/h4-5,7,10-11,16,18H,3H2,1-2H3,(H,22,26)(H,31,32)(H,33,34)(H2,28,29,30)(H3,20,23,24,45)/p-3/t7?,10?,11?,16?,18-/m1/s1. The van der Waals surface area contributed by atoms with Crippen LogP contribution in [0.3, 0.4) is 0 Å². The molecule has 8 atom stereocenters. The normalized spacial score (nSPS) is 26.6. The minimum atomic E-state index is -6.18. The Hall–Kier alpha value is -2.50. The maximum Gasteiger partial charge on any atom is 0.350 e. The lowest BCUT2D eigenvalue weighted by Gasteiger charge is -2.33. The van der Waals surface area contributed by atoms with E-state index < -0.39 is 72.8 Å². The van der Waals surface area contributed by atoms with Crippen LogP contribution in [0.1, 0.15) is 21.5 Å². The van der Waals surface area contributed by atoms with Crippen LogP contribution in [0.5, 0.6) is 0 Å². The molecule has 5 rings (SSSR count). The molecule has 0 aromatic carbocycles. The molecule has 2 fully saturated rings. The van der Waals surface area contributed by atoms with Crippen molar-refractivity contribution in [3.63, 3.8) is 0 Å². The predicted octanol–water partition coefficient (Wildman–Crippen LogP) is -0.679. The fourth-order valence-electron chi connectivity index (χ4n) is 4.44. The number of hydrogen-bond acceptors (Lipinski definition) is 20. The first kappa shape index (κ1) is 34.8. The summed E-state index contributed by atoms with van der Waals surface area (Å²) in [6.07, 6.45) is -5.61. The number of phosphoric acid groups is 3. The van der Waals surface area contributed by atoms with Gasteiger partial charge in [-0.15, -0.1) is 11.3 Å². The third-order valence-electron chi connectivity index (χ3n) is 6.19. The van der Waals surface area contributed by atoms with Crippen molar-refractivity contribution in [2.75, 3.05) is 24.8 Å². The summed E-state index contributed by atoms with van der Waals surface area (Å²) in [7, 11) is -16.9. The second-order valence-electron chi connectivity index (χ2n) is 9.30. The number of anilines is 2. The van der Waals surface area contributed by atoms with Gasteiger partial charge in [-0.25, -0.2) is 23.4 Å². The largest absolute Gasteiger partial charge is 0.756 e. The number of nitrogen functional groups attached to an aromatic ring is 1. The lowest BCUT2D eigenvalue weighted by atomic mass is 10.1. The third kappa shape index (κ3) is 7.46. The number of thiophene rings is 1. The summed E-state index contributed by atoms with van der Waals surface area (Å²) in [6, 6.07) is 0.